The summed E-state index contributed by atoms with van der Waals surface area (Å²) >= 11 is 0. The zero-order valence-electron chi connectivity index (χ0n) is 5.60. The van der Waals surface area contributed by atoms with Crippen molar-refractivity contribution >= 4 is 0 Å². The fourth-order valence-electron chi connectivity index (χ4n) is 0.284. The first-order valence-corrected chi connectivity index (χ1v) is 2.51. The molecule has 0 fully saturated rings. The molecular formula is C6H12O2. The van der Waals surface area contributed by atoms with E-state index in [9.17, 15) is 0 Å². The van der Waals surface area contributed by atoms with Crippen LogP contribution in [-0.4, -0.2) is 20.8 Å². The van der Waals surface area contributed by atoms with Gasteiger partial charge in [-0.1, -0.05) is 0 Å². The maximum Gasteiger partial charge on any atom is 0.0907 e. The van der Waals surface area contributed by atoms with E-state index in [0.717, 1.165) is 5.76 Å². The minimum atomic E-state index is 0.625. The lowest BCUT2D eigenvalue weighted by molar-refractivity contribution is 0.224. The van der Waals surface area contributed by atoms with Crippen molar-refractivity contribution < 1.29 is 9.47 Å². The van der Waals surface area contributed by atoms with E-state index in [-0.39, 0.29) is 0 Å². The number of hydrogen-bond acceptors (Lipinski definition) is 2. The van der Waals surface area contributed by atoms with Crippen LogP contribution in [0.5, 0.6) is 0 Å². The van der Waals surface area contributed by atoms with Gasteiger partial charge in [-0.05, 0) is 13.0 Å². The van der Waals surface area contributed by atoms with Gasteiger partial charge in [-0.25, -0.2) is 0 Å². The van der Waals surface area contributed by atoms with Gasteiger partial charge in [-0.2, -0.15) is 0 Å². The molecule has 0 spiro atoms. The molecule has 0 aliphatic carbocycles. The number of rotatable bonds is 3. The summed E-state index contributed by atoms with van der Waals surface area (Å²) in [6.07, 6.45) is 1.88. The van der Waals surface area contributed by atoms with Crippen molar-refractivity contribution in [3.05, 3.63) is 11.8 Å². The third-order valence-corrected chi connectivity index (χ3v) is 0.859. The average Bonchev–Trinajstić information content (AvgIpc) is 1.83. The Hall–Kier alpha value is -0.500. The molecule has 0 atom stereocenters. The predicted molar refractivity (Wildman–Crippen MR) is 32.6 cm³/mol. The molecule has 0 bridgehead atoms. The lowest BCUT2D eigenvalue weighted by atomic mass is 10.5. The topological polar surface area (TPSA) is 18.5 Å². The summed E-state index contributed by atoms with van der Waals surface area (Å²) in [5.74, 6) is 0.895. The van der Waals surface area contributed by atoms with Crippen molar-refractivity contribution in [2.75, 3.05) is 20.8 Å². The number of methoxy groups -OCH3 is 2. The zero-order valence-corrected chi connectivity index (χ0v) is 5.60. The van der Waals surface area contributed by atoms with E-state index in [4.69, 9.17) is 9.47 Å². The number of ether oxygens (including phenoxy) is 2. The van der Waals surface area contributed by atoms with Crippen molar-refractivity contribution in [1.82, 2.24) is 0 Å². The normalized spacial score (nSPS) is 11.6. The molecule has 8 heavy (non-hydrogen) atoms. The fourth-order valence-corrected chi connectivity index (χ4v) is 0.284. The molecule has 0 aliphatic rings. The third kappa shape index (κ3) is 3.68. The van der Waals surface area contributed by atoms with Crippen LogP contribution in [0.3, 0.4) is 0 Å². The molecule has 2 heteroatoms. The molecule has 0 N–H and O–H groups in total. The molecule has 0 aliphatic heterocycles. The molecule has 0 saturated heterocycles. The first-order chi connectivity index (χ1) is 3.81. The van der Waals surface area contributed by atoms with Crippen LogP contribution in [0.4, 0.5) is 0 Å². The average molecular weight is 116 g/mol. The van der Waals surface area contributed by atoms with Gasteiger partial charge in [0.25, 0.3) is 0 Å². The molecular weight excluding hydrogens is 104 g/mol. The Morgan fingerprint density at radius 3 is 2.50 bits per heavy atom. The van der Waals surface area contributed by atoms with E-state index in [1.54, 1.807) is 14.2 Å². The minimum Gasteiger partial charge on any atom is -0.502 e. The molecule has 0 rings (SSSR count). The van der Waals surface area contributed by atoms with Crippen LogP contribution in [0.2, 0.25) is 0 Å². The second-order valence-electron chi connectivity index (χ2n) is 1.47. The second-order valence-corrected chi connectivity index (χ2v) is 1.47. The molecule has 48 valence electrons. The lowest BCUT2D eigenvalue weighted by Crippen LogP contribution is -1.85. The largest absolute Gasteiger partial charge is 0.502 e. The van der Waals surface area contributed by atoms with Crippen LogP contribution >= 0.6 is 0 Å². The van der Waals surface area contributed by atoms with Gasteiger partial charge >= 0.3 is 0 Å². The van der Waals surface area contributed by atoms with Gasteiger partial charge in [0.05, 0.1) is 19.5 Å². The van der Waals surface area contributed by atoms with E-state index in [0.29, 0.717) is 6.61 Å². The van der Waals surface area contributed by atoms with Gasteiger partial charge in [-0.15, -0.1) is 0 Å². The summed E-state index contributed by atoms with van der Waals surface area (Å²) < 4.78 is 9.59. The highest BCUT2D eigenvalue weighted by atomic mass is 16.5. The van der Waals surface area contributed by atoms with Crippen LogP contribution in [-0.2, 0) is 9.47 Å². The van der Waals surface area contributed by atoms with E-state index >= 15 is 0 Å². The van der Waals surface area contributed by atoms with Crippen molar-refractivity contribution in [3.63, 3.8) is 0 Å². The monoisotopic (exact) mass is 116 g/mol. The Labute approximate surface area is 50.1 Å². The van der Waals surface area contributed by atoms with Crippen LogP contribution < -0.4 is 0 Å². The smallest absolute Gasteiger partial charge is 0.0907 e. The number of allylic oxidation sites excluding steroid dienone is 1. The quantitative estimate of drug-likeness (QED) is 0.515. The maximum absolute atomic E-state index is 4.83. The van der Waals surface area contributed by atoms with Gasteiger partial charge in [0, 0.05) is 7.11 Å². The SMILES string of the molecule is COC/C=C(\C)OC. The Morgan fingerprint density at radius 1 is 1.50 bits per heavy atom. The molecule has 0 heterocycles. The van der Waals surface area contributed by atoms with Crippen molar-refractivity contribution in [2.24, 2.45) is 0 Å². The molecule has 2 nitrogen and oxygen atoms in total. The maximum atomic E-state index is 4.83. The van der Waals surface area contributed by atoms with Crippen molar-refractivity contribution in [3.8, 4) is 0 Å². The van der Waals surface area contributed by atoms with Gasteiger partial charge < -0.3 is 9.47 Å². The number of hydrogen-bond donors (Lipinski definition) is 0. The van der Waals surface area contributed by atoms with Crippen molar-refractivity contribution in [1.29, 1.82) is 0 Å². The highest BCUT2D eigenvalue weighted by molar-refractivity contribution is 4.87. The first-order valence-electron chi connectivity index (χ1n) is 2.51. The Balaban J connectivity index is 3.26. The lowest BCUT2D eigenvalue weighted by Gasteiger charge is -1.95. The Bertz CT molecular complexity index is 76.6. The van der Waals surface area contributed by atoms with E-state index in [2.05, 4.69) is 0 Å². The van der Waals surface area contributed by atoms with Gasteiger partial charge in [0.2, 0.25) is 0 Å². The Kier molecular flexibility index (Phi) is 4.36. The molecule has 0 aromatic rings. The molecule has 0 radical (unpaired) electrons. The summed E-state index contributed by atoms with van der Waals surface area (Å²) in [6.45, 7) is 2.51. The standard InChI is InChI=1S/C6H12O2/c1-6(8-3)4-5-7-2/h4H,5H2,1-3H3/b6-4+. The fraction of sp³-hybridized carbons (Fsp3) is 0.667. The first kappa shape index (κ1) is 7.50. The molecule has 0 unspecified atom stereocenters. The zero-order chi connectivity index (χ0) is 6.41. The van der Waals surface area contributed by atoms with Crippen LogP contribution in [0.25, 0.3) is 0 Å². The minimum absolute atomic E-state index is 0.625. The molecule has 0 saturated carbocycles. The highest BCUT2D eigenvalue weighted by Crippen LogP contribution is 1.89. The second kappa shape index (κ2) is 4.65. The molecule has 0 amide bonds. The van der Waals surface area contributed by atoms with Crippen molar-refractivity contribution in [2.45, 2.75) is 6.92 Å². The van der Waals surface area contributed by atoms with Crippen LogP contribution in [0, 0.1) is 0 Å². The summed E-state index contributed by atoms with van der Waals surface area (Å²) in [5, 5.41) is 0. The predicted octanol–water partition coefficient (Wildman–Crippen LogP) is 1.18. The summed E-state index contributed by atoms with van der Waals surface area (Å²) in [6, 6.07) is 0. The Morgan fingerprint density at radius 2 is 2.12 bits per heavy atom. The van der Waals surface area contributed by atoms with E-state index < -0.39 is 0 Å². The molecule has 0 aromatic carbocycles. The van der Waals surface area contributed by atoms with Gasteiger partial charge in [-0.3, -0.25) is 0 Å². The van der Waals surface area contributed by atoms with Gasteiger partial charge in [0.15, 0.2) is 0 Å². The highest BCUT2D eigenvalue weighted by Gasteiger charge is 1.79. The van der Waals surface area contributed by atoms with Crippen LogP contribution in [0.1, 0.15) is 6.92 Å². The molecule has 0 aromatic heterocycles. The third-order valence-electron chi connectivity index (χ3n) is 0.859. The van der Waals surface area contributed by atoms with Gasteiger partial charge in [0.1, 0.15) is 0 Å². The van der Waals surface area contributed by atoms with E-state index in [1.807, 2.05) is 13.0 Å². The summed E-state index contributed by atoms with van der Waals surface area (Å²) in [7, 11) is 3.29. The summed E-state index contributed by atoms with van der Waals surface area (Å²) in [5.41, 5.74) is 0. The summed E-state index contributed by atoms with van der Waals surface area (Å²) in [4.78, 5) is 0. The van der Waals surface area contributed by atoms with Crippen LogP contribution in [0.15, 0.2) is 11.8 Å². The van der Waals surface area contributed by atoms with E-state index in [1.165, 1.54) is 0 Å².